The Morgan fingerprint density at radius 1 is 0.422 bits per heavy atom. The highest BCUT2D eigenvalue weighted by Crippen LogP contribution is 2.38. The molecule has 0 saturated heterocycles. The summed E-state index contributed by atoms with van der Waals surface area (Å²) in [6, 6.07) is -0.884. The molecule has 0 saturated carbocycles. The third-order valence-corrected chi connectivity index (χ3v) is 17.5. The van der Waals surface area contributed by atoms with Crippen molar-refractivity contribution in [1.82, 2.24) is 5.32 Å². The standard InChI is InChI=1S/C73H141N2O7P/c1-7-10-13-16-19-22-25-28-30-32-33-34-35-36-37-38-39-40-41-43-44-47-50-53-56-59-62-65-72(76)74-70(69-81-83(78,79)80-68-67-75(4,5)6)71(64-61-58-55-52-49-46-27-24-21-18-15-12-9-3)82-73(77)66-63-60-57-54-51-48-45-42-31-29-26-23-20-17-14-11-8-2/h19,22,28,30,61,64,70-71H,7-18,20-21,23-27,29,31-60,62-63,65-69H2,1-6H3,(H-,74,76,78,79)/b22-19-,30-28-,64-61-. The minimum Gasteiger partial charge on any atom is -0.756 e. The highest BCUT2D eigenvalue weighted by Gasteiger charge is 2.27. The molecule has 0 aromatic carbocycles. The van der Waals surface area contributed by atoms with Crippen molar-refractivity contribution < 1.29 is 37.3 Å². The quantitative estimate of drug-likeness (QED) is 0.0212. The van der Waals surface area contributed by atoms with Crippen LogP contribution in [0, 0.1) is 0 Å². The van der Waals surface area contributed by atoms with Gasteiger partial charge in [0.1, 0.15) is 19.3 Å². The van der Waals surface area contributed by atoms with E-state index in [2.05, 4.69) is 50.4 Å². The van der Waals surface area contributed by atoms with Crippen molar-refractivity contribution in [3.8, 4) is 0 Å². The van der Waals surface area contributed by atoms with E-state index in [1.165, 1.54) is 270 Å². The van der Waals surface area contributed by atoms with Gasteiger partial charge in [0.15, 0.2) is 0 Å². The second kappa shape index (κ2) is 63.3. The average Bonchev–Trinajstić information content (AvgIpc) is 3.47. The minimum atomic E-state index is -4.70. The number of unbranched alkanes of at least 4 members (excludes halogenated alkanes) is 47. The Morgan fingerprint density at radius 2 is 0.735 bits per heavy atom. The summed E-state index contributed by atoms with van der Waals surface area (Å²) in [5.41, 5.74) is 0. The van der Waals surface area contributed by atoms with E-state index in [0.29, 0.717) is 17.4 Å². The van der Waals surface area contributed by atoms with E-state index in [4.69, 9.17) is 13.8 Å². The minimum absolute atomic E-state index is 0.0185. The van der Waals surface area contributed by atoms with E-state index < -0.39 is 20.0 Å². The molecule has 10 heteroatoms. The number of phosphoric ester groups is 1. The second-order valence-corrected chi connectivity index (χ2v) is 27.5. The Kier molecular flexibility index (Phi) is 61.9. The molecule has 1 amide bonds. The van der Waals surface area contributed by atoms with Gasteiger partial charge in [-0.05, 0) is 63.9 Å². The Morgan fingerprint density at radius 3 is 1.11 bits per heavy atom. The zero-order valence-corrected chi connectivity index (χ0v) is 57.1. The molecule has 490 valence electrons. The maximum Gasteiger partial charge on any atom is 0.306 e. The highest BCUT2D eigenvalue weighted by molar-refractivity contribution is 7.45. The van der Waals surface area contributed by atoms with E-state index in [1.54, 1.807) is 0 Å². The lowest BCUT2D eigenvalue weighted by Gasteiger charge is -2.30. The van der Waals surface area contributed by atoms with E-state index >= 15 is 0 Å². The summed E-state index contributed by atoms with van der Waals surface area (Å²) < 4.78 is 30.5. The SMILES string of the molecule is CCCCC/C=C\C/C=C\CCCCCCCCCCCCCCCCCCCC(=O)NC(COP(=O)([O-])OCC[N+](C)(C)C)C(/C=C\CCCCCCCCCCCCC)OC(=O)CCCCCCCCCCCCCCCCCCC. The van der Waals surface area contributed by atoms with Gasteiger partial charge in [0.25, 0.3) is 7.82 Å². The van der Waals surface area contributed by atoms with E-state index in [9.17, 15) is 19.0 Å². The first kappa shape index (κ1) is 81.2. The van der Waals surface area contributed by atoms with Crippen molar-refractivity contribution in [3.63, 3.8) is 0 Å². The number of carbonyl (C=O) groups excluding carboxylic acids is 2. The van der Waals surface area contributed by atoms with Crippen molar-refractivity contribution in [2.75, 3.05) is 40.9 Å². The van der Waals surface area contributed by atoms with Crippen LogP contribution in [0.2, 0.25) is 0 Å². The Labute approximate surface area is 516 Å². The predicted octanol–water partition coefficient (Wildman–Crippen LogP) is 22.4. The molecule has 0 aliphatic rings. The topological polar surface area (TPSA) is 114 Å². The monoisotopic (exact) mass is 1190 g/mol. The summed E-state index contributed by atoms with van der Waals surface area (Å²) in [5.74, 6) is -0.518. The van der Waals surface area contributed by atoms with Gasteiger partial charge in [-0.3, -0.25) is 14.2 Å². The molecule has 0 radical (unpaired) electrons. The number of nitrogens with zero attached hydrogens (tertiary/aromatic N) is 1. The number of amides is 1. The molecule has 3 atom stereocenters. The maximum atomic E-state index is 13.6. The smallest absolute Gasteiger partial charge is 0.306 e. The number of allylic oxidation sites excluding steroid dienone is 5. The van der Waals surface area contributed by atoms with Crippen LogP contribution in [-0.4, -0.2) is 69.4 Å². The van der Waals surface area contributed by atoms with Crippen LogP contribution < -0.4 is 10.2 Å². The third kappa shape index (κ3) is 64.5. The molecule has 0 aromatic heterocycles. The summed E-state index contributed by atoms with van der Waals surface area (Å²) in [7, 11) is 1.21. The maximum absolute atomic E-state index is 13.6. The number of nitrogens with one attached hydrogen (secondary N) is 1. The Bertz CT molecular complexity index is 1510. The molecule has 0 heterocycles. The van der Waals surface area contributed by atoms with E-state index in [1.807, 2.05) is 33.3 Å². The van der Waals surface area contributed by atoms with E-state index in [-0.39, 0.29) is 31.5 Å². The first-order chi connectivity index (χ1) is 40.4. The molecule has 0 aliphatic carbocycles. The van der Waals surface area contributed by atoms with Gasteiger partial charge in [-0.2, -0.15) is 0 Å². The number of likely N-dealkylation sites (N-methyl/N-ethyl adjacent to an activating group) is 1. The fourth-order valence-corrected chi connectivity index (χ4v) is 11.7. The van der Waals surface area contributed by atoms with Crippen LogP contribution in [0.1, 0.15) is 367 Å². The van der Waals surface area contributed by atoms with Crippen LogP contribution in [0.3, 0.4) is 0 Å². The lowest BCUT2D eigenvalue weighted by atomic mass is 10.0. The lowest BCUT2D eigenvalue weighted by molar-refractivity contribution is -0.870. The molecule has 1 N–H and O–H groups in total. The zero-order chi connectivity index (χ0) is 60.7. The molecule has 83 heavy (non-hydrogen) atoms. The van der Waals surface area contributed by atoms with Gasteiger partial charge in [-0.1, -0.05) is 327 Å². The van der Waals surface area contributed by atoms with Crippen molar-refractivity contribution >= 4 is 19.7 Å². The van der Waals surface area contributed by atoms with Crippen LogP contribution in [0.4, 0.5) is 0 Å². The number of carbonyl (C=O) groups is 2. The number of phosphoric acid groups is 1. The second-order valence-electron chi connectivity index (χ2n) is 26.1. The molecule has 9 nitrogen and oxygen atoms in total. The van der Waals surface area contributed by atoms with Crippen LogP contribution in [-0.2, 0) is 27.9 Å². The van der Waals surface area contributed by atoms with E-state index in [0.717, 1.165) is 64.2 Å². The summed E-state index contributed by atoms with van der Waals surface area (Å²) >= 11 is 0. The van der Waals surface area contributed by atoms with Gasteiger partial charge in [0.2, 0.25) is 5.91 Å². The van der Waals surface area contributed by atoms with Crippen LogP contribution >= 0.6 is 7.82 Å². The largest absolute Gasteiger partial charge is 0.756 e. The summed E-state index contributed by atoms with van der Waals surface area (Å²) in [5, 5.41) is 3.05. The van der Waals surface area contributed by atoms with Gasteiger partial charge in [0.05, 0.1) is 33.8 Å². The lowest BCUT2D eigenvalue weighted by Crippen LogP contribution is -2.47. The summed E-state index contributed by atoms with van der Waals surface area (Å²) in [6.07, 6.45) is 78.4. The van der Waals surface area contributed by atoms with Gasteiger partial charge in [-0.15, -0.1) is 0 Å². The molecule has 0 rings (SSSR count). The first-order valence-electron chi connectivity index (χ1n) is 36.3. The van der Waals surface area contributed by atoms with Crippen molar-refractivity contribution in [1.29, 1.82) is 0 Å². The number of ether oxygens (including phenoxy) is 1. The molecule has 0 fully saturated rings. The first-order valence-corrected chi connectivity index (χ1v) is 37.8. The molecular weight excluding hydrogens is 1050 g/mol. The summed E-state index contributed by atoms with van der Waals surface area (Å²) in [4.78, 5) is 40.2. The van der Waals surface area contributed by atoms with Gasteiger partial charge in [0, 0.05) is 12.8 Å². The van der Waals surface area contributed by atoms with Crippen molar-refractivity contribution in [3.05, 3.63) is 36.5 Å². The van der Waals surface area contributed by atoms with Gasteiger partial charge in [-0.25, -0.2) is 0 Å². The number of hydrogen-bond acceptors (Lipinski definition) is 7. The fourth-order valence-electron chi connectivity index (χ4n) is 11.0. The molecule has 3 unspecified atom stereocenters. The van der Waals surface area contributed by atoms with Crippen LogP contribution in [0.25, 0.3) is 0 Å². The molecular formula is C73H141N2O7P. The summed E-state index contributed by atoms with van der Waals surface area (Å²) in [6.45, 7) is 6.89. The Balaban J connectivity index is 4.99. The van der Waals surface area contributed by atoms with Crippen molar-refractivity contribution in [2.24, 2.45) is 0 Å². The fraction of sp³-hybridized carbons (Fsp3) is 0.890. The number of rotatable bonds is 67. The number of esters is 1. The Hall–Kier alpha value is -1.77. The molecule has 0 bridgehead atoms. The normalized spacial score (nSPS) is 13.7. The highest BCUT2D eigenvalue weighted by atomic mass is 31.2. The van der Waals surface area contributed by atoms with Crippen molar-refractivity contribution in [2.45, 2.75) is 380 Å². The molecule has 0 spiro atoms. The van der Waals surface area contributed by atoms with Crippen LogP contribution in [0.5, 0.6) is 0 Å². The molecule has 0 aromatic rings. The molecule has 0 aliphatic heterocycles. The van der Waals surface area contributed by atoms with Gasteiger partial charge >= 0.3 is 5.97 Å². The van der Waals surface area contributed by atoms with Gasteiger partial charge < -0.3 is 28.5 Å². The average molecular weight is 1190 g/mol. The zero-order valence-electron chi connectivity index (χ0n) is 56.2. The van der Waals surface area contributed by atoms with Crippen LogP contribution in [0.15, 0.2) is 36.5 Å². The number of hydrogen-bond donors (Lipinski definition) is 1. The third-order valence-electron chi connectivity index (χ3n) is 16.6. The number of quaternary nitrogens is 1. The predicted molar refractivity (Wildman–Crippen MR) is 358 cm³/mol.